The highest BCUT2D eigenvalue weighted by atomic mass is 35.5. The van der Waals surface area contributed by atoms with Crippen molar-refractivity contribution in [3.05, 3.63) is 75.0 Å². The van der Waals surface area contributed by atoms with Crippen molar-refractivity contribution < 1.29 is 12.8 Å². The third-order valence-corrected chi connectivity index (χ3v) is 7.20. The van der Waals surface area contributed by atoms with Crippen LogP contribution in [-0.2, 0) is 23.0 Å². The summed E-state index contributed by atoms with van der Waals surface area (Å²) in [4.78, 5) is 15.4. The fraction of sp³-hybridized carbons (Fsp3) is 0.318. The van der Waals surface area contributed by atoms with Crippen molar-refractivity contribution in [1.82, 2.24) is 13.9 Å². The van der Waals surface area contributed by atoms with Gasteiger partial charge >= 0.3 is 0 Å². The Morgan fingerprint density at radius 3 is 2.41 bits per heavy atom. The van der Waals surface area contributed by atoms with Crippen LogP contribution in [0.2, 0.25) is 0 Å². The van der Waals surface area contributed by atoms with Crippen LogP contribution in [0.3, 0.4) is 0 Å². The van der Waals surface area contributed by atoms with Gasteiger partial charge in [0.1, 0.15) is 5.83 Å². The SMILES string of the molecule is Cc1cc2c([nH]c1=O)c(Cc1ccc(S(=O)(=O)N(C)C)cc1)c(C)n2C/C(F)=C/CN.Cl. The van der Waals surface area contributed by atoms with E-state index in [0.29, 0.717) is 17.5 Å². The zero-order valence-corrected chi connectivity index (χ0v) is 20.1. The van der Waals surface area contributed by atoms with Gasteiger partial charge in [0.05, 0.1) is 22.5 Å². The van der Waals surface area contributed by atoms with E-state index in [4.69, 9.17) is 5.73 Å². The van der Waals surface area contributed by atoms with E-state index in [1.165, 1.54) is 20.2 Å². The third-order valence-electron chi connectivity index (χ3n) is 5.37. The molecule has 0 aliphatic rings. The number of fused-ring (bicyclic) bond motifs is 1. The van der Waals surface area contributed by atoms with Gasteiger partial charge in [0.25, 0.3) is 5.56 Å². The summed E-state index contributed by atoms with van der Waals surface area (Å²) >= 11 is 0. The molecule has 174 valence electrons. The van der Waals surface area contributed by atoms with Gasteiger partial charge in [-0.25, -0.2) is 17.1 Å². The van der Waals surface area contributed by atoms with Gasteiger partial charge in [0, 0.05) is 43.9 Å². The van der Waals surface area contributed by atoms with E-state index in [9.17, 15) is 17.6 Å². The standard InChI is InChI=1S/C22H27FN4O3S.ClH/c1-14-11-20-21(25-22(14)28)19(15(2)27(20)13-17(23)9-10-24)12-16-5-7-18(8-6-16)31(29,30)26(3)4;/h5-9,11H,10,12-13,24H2,1-4H3,(H,25,28);1H/b17-9-;. The van der Waals surface area contributed by atoms with Crippen LogP contribution in [0, 0.1) is 13.8 Å². The largest absolute Gasteiger partial charge is 0.337 e. The van der Waals surface area contributed by atoms with Crippen molar-refractivity contribution in [2.24, 2.45) is 5.73 Å². The number of halogens is 2. The molecule has 0 atom stereocenters. The van der Waals surface area contributed by atoms with Gasteiger partial charge in [0.2, 0.25) is 10.0 Å². The minimum atomic E-state index is -3.51. The minimum Gasteiger partial charge on any atom is -0.337 e. The molecule has 7 nitrogen and oxygen atoms in total. The molecule has 0 fully saturated rings. The van der Waals surface area contributed by atoms with Gasteiger partial charge in [-0.1, -0.05) is 12.1 Å². The first-order valence-electron chi connectivity index (χ1n) is 9.84. The molecule has 3 rings (SSSR count). The molecule has 32 heavy (non-hydrogen) atoms. The van der Waals surface area contributed by atoms with E-state index < -0.39 is 10.0 Å². The monoisotopic (exact) mass is 482 g/mol. The second-order valence-corrected chi connectivity index (χ2v) is 9.84. The topological polar surface area (TPSA) is 101 Å². The van der Waals surface area contributed by atoms with Crippen LogP contribution in [-0.4, -0.2) is 42.9 Å². The highest BCUT2D eigenvalue weighted by molar-refractivity contribution is 7.89. The number of nitrogens with two attached hydrogens (primary N) is 1. The maximum absolute atomic E-state index is 14.3. The molecule has 1 aromatic carbocycles. The van der Waals surface area contributed by atoms with Crippen LogP contribution in [0.4, 0.5) is 4.39 Å². The van der Waals surface area contributed by atoms with Crippen molar-refractivity contribution >= 4 is 33.5 Å². The molecule has 0 radical (unpaired) electrons. The first-order valence-corrected chi connectivity index (χ1v) is 11.3. The quantitative estimate of drug-likeness (QED) is 0.540. The number of nitrogens with zero attached hydrogens (tertiary/aromatic N) is 2. The lowest BCUT2D eigenvalue weighted by Gasteiger charge is -2.12. The van der Waals surface area contributed by atoms with E-state index in [1.54, 1.807) is 37.3 Å². The first kappa shape index (κ1) is 25.8. The lowest BCUT2D eigenvalue weighted by atomic mass is 10.0. The molecule has 0 saturated carbocycles. The third kappa shape index (κ3) is 4.96. The fourth-order valence-corrected chi connectivity index (χ4v) is 4.45. The number of hydrogen-bond donors (Lipinski definition) is 2. The van der Waals surface area contributed by atoms with Gasteiger partial charge < -0.3 is 15.3 Å². The summed E-state index contributed by atoms with van der Waals surface area (Å²) in [6.07, 6.45) is 1.78. The number of rotatable bonds is 7. The second-order valence-electron chi connectivity index (χ2n) is 7.69. The summed E-state index contributed by atoms with van der Waals surface area (Å²) < 4.78 is 41.8. The normalized spacial score (nSPS) is 12.4. The van der Waals surface area contributed by atoms with Gasteiger partial charge in [0.15, 0.2) is 0 Å². The lowest BCUT2D eigenvalue weighted by Crippen LogP contribution is -2.22. The molecule has 3 aromatic rings. The van der Waals surface area contributed by atoms with Crippen molar-refractivity contribution in [1.29, 1.82) is 0 Å². The van der Waals surface area contributed by atoms with Crippen LogP contribution >= 0.6 is 12.4 Å². The van der Waals surface area contributed by atoms with Crippen molar-refractivity contribution in [3.8, 4) is 0 Å². The van der Waals surface area contributed by atoms with Crippen molar-refractivity contribution in [3.63, 3.8) is 0 Å². The Kier molecular flexibility index (Phi) is 8.06. The van der Waals surface area contributed by atoms with Crippen molar-refractivity contribution in [2.45, 2.75) is 31.7 Å². The van der Waals surface area contributed by atoms with Crippen LogP contribution in [0.25, 0.3) is 11.0 Å². The summed E-state index contributed by atoms with van der Waals surface area (Å²) in [7, 11) is -0.543. The average Bonchev–Trinajstić information content (AvgIpc) is 2.94. The molecule has 0 aliphatic heterocycles. The number of allylic oxidation sites excluding steroid dienone is 1. The van der Waals surface area contributed by atoms with Gasteiger partial charge in [-0.3, -0.25) is 4.79 Å². The molecule has 0 aliphatic carbocycles. The smallest absolute Gasteiger partial charge is 0.251 e. The predicted molar refractivity (Wildman–Crippen MR) is 128 cm³/mol. The summed E-state index contributed by atoms with van der Waals surface area (Å²) in [6, 6.07) is 8.39. The molecule has 0 bridgehead atoms. The number of aryl methyl sites for hydroxylation is 1. The van der Waals surface area contributed by atoms with Gasteiger partial charge in [-0.2, -0.15) is 0 Å². The number of pyridine rings is 1. The molecule has 2 aromatic heterocycles. The summed E-state index contributed by atoms with van der Waals surface area (Å²) in [6.45, 7) is 3.71. The first-order chi connectivity index (χ1) is 14.6. The number of aromatic amines is 1. The predicted octanol–water partition coefficient (Wildman–Crippen LogP) is 3.02. The zero-order valence-electron chi connectivity index (χ0n) is 18.5. The number of hydrogen-bond acceptors (Lipinski definition) is 4. The van der Waals surface area contributed by atoms with Crippen molar-refractivity contribution in [2.75, 3.05) is 20.6 Å². The molecule has 10 heteroatoms. The number of aromatic nitrogens is 2. The zero-order chi connectivity index (χ0) is 22.9. The minimum absolute atomic E-state index is 0. The van der Waals surface area contributed by atoms with E-state index in [2.05, 4.69) is 4.98 Å². The Labute approximate surface area is 193 Å². The Balaban J connectivity index is 0.00000363. The van der Waals surface area contributed by atoms with Crippen LogP contribution in [0.5, 0.6) is 0 Å². The lowest BCUT2D eigenvalue weighted by molar-refractivity contribution is 0.520. The molecular formula is C22H28ClFN4O3S. The van der Waals surface area contributed by atoms with E-state index >= 15 is 0 Å². The second kappa shape index (κ2) is 9.99. The summed E-state index contributed by atoms with van der Waals surface area (Å²) in [5, 5.41) is 0. The molecule has 0 spiro atoms. The Bertz CT molecular complexity index is 1310. The Morgan fingerprint density at radius 2 is 1.84 bits per heavy atom. The van der Waals surface area contributed by atoms with Crippen LogP contribution in [0.1, 0.15) is 22.4 Å². The molecule has 0 amide bonds. The number of H-pyrrole nitrogens is 1. The molecular weight excluding hydrogens is 455 g/mol. The Hall–Kier alpha value is -2.46. The van der Waals surface area contributed by atoms with Crippen LogP contribution < -0.4 is 11.3 Å². The number of benzene rings is 1. The maximum atomic E-state index is 14.3. The summed E-state index contributed by atoms with van der Waals surface area (Å²) in [5.41, 5.74) is 9.71. The summed E-state index contributed by atoms with van der Waals surface area (Å²) in [5.74, 6) is -0.351. The molecule has 2 heterocycles. The van der Waals surface area contributed by atoms with Gasteiger partial charge in [-0.05, 0) is 43.7 Å². The average molecular weight is 483 g/mol. The van der Waals surface area contributed by atoms with E-state index in [-0.39, 0.29) is 41.8 Å². The molecule has 3 N–H and O–H groups in total. The van der Waals surface area contributed by atoms with Gasteiger partial charge in [-0.15, -0.1) is 12.4 Å². The number of sulfonamides is 1. The Morgan fingerprint density at radius 1 is 1.22 bits per heavy atom. The van der Waals surface area contributed by atoms with Crippen LogP contribution in [0.15, 0.2) is 51.9 Å². The molecule has 0 unspecified atom stereocenters. The highest BCUT2D eigenvalue weighted by Crippen LogP contribution is 2.28. The maximum Gasteiger partial charge on any atom is 0.251 e. The highest BCUT2D eigenvalue weighted by Gasteiger charge is 2.19. The fourth-order valence-electron chi connectivity index (χ4n) is 3.54. The van der Waals surface area contributed by atoms with E-state index in [1.807, 2.05) is 11.5 Å². The number of nitrogens with one attached hydrogen (secondary N) is 1. The molecule has 0 saturated heterocycles. The van der Waals surface area contributed by atoms with E-state index in [0.717, 1.165) is 26.6 Å².